The summed E-state index contributed by atoms with van der Waals surface area (Å²) < 4.78 is 11.6. The molecule has 0 aromatic heterocycles. The van der Waals surface area contributed by atoms with E-state index in [0.29, 0.717) is 22.9 Å². The molecule has 0 saturated carbocycles. The van der Waals surface area contributed by atoms with Crippen molar-refractivity contribution in [3.63, 3.8) is 0 Å². The third-order valence-electron chi connectivity index (χ3n) is 6.05. The average molecular weight is 505 g/mol. The SMILES string of the molecule is Cc1cccc(Oc2ccccc2N)c1C.Cc1cccc(Oc2ccccc2N)c1C.c1ccccc1. The van der Waals surface area contributed by atoms with Gasteiger partial charge in [-0.1, -0.05) is 84.9 Å². The Kier molecular flexibility index (Phi) is 10.4. The van der Waals surface area contributed by atoms with Crippen LogP contribution >= 0.6 is 0 Å². The standard InChI is InChI=1S/2C14H15NO.C6H6/c2*1-10-6-5-9-13(11(10)2)16-14-8-4-3-7-12(14)15;1-2-4-6-5-3-1/h2*3-9H,15H2,1-2H3;1-6H. The second-order valence-corrected chi connectivity index (χ2v) is 8.83. The van der Waals surface area contributed by atoms with Crippen LogP contribution in [0.15, 0.2) is 121 Å². The topological polar surface area (TPSA) is 70.5 Å². The molecule has 0 radical (unpaired) electrons. The molecule has 5 aromatic rings. The summed E-state index contributed by atoms with van der Waals surface area (Å²) in [4.78, 5) is 0. The summed E-state index contributed by atoms with van der Waals surface area (Å²) in [6.07, 6.45) is 0. The highest BCUT2D eigenvalue weighted by molar-refractivity contribution is 5.55. The van der Waals surface area contributed by atoms with Gasteiger partial charge < -0.3 is 20.9 Å². The molecule has 0 spiro atoms. The predicted octanol–water partition coefficient (Wildman–Crippen LogP) is 9.04. The molecule has 5 rings (SSSR count). The fraction of sp³-hybridized carbons (Fsp3) is 0.118. The smallest absolute Gasteiger partial charge is 0.150 e. The molecule has 0 aliphatic heterocycles. The minimum Gasteiger partial charge on any atom is -0.455 e. The van der Waals surface area contributed by atoms with E-state index in [0.717, 1.165) is 22.6 Å². The van der Waals surface area contributed by atoms with Crippen LogP contribution in [0.1, 0.15) is 22.3 Å². The number of aryl methyl sites for hydroxylation is 2. The number of benzene rings is 5. The second kappa shape index (κ2) is 14.1. The van der Waals surface area contributed by atoms with Gasteiger partial charge in [0.05, 0.1) is 11.4 Å². The van der Waals surface area contributed by atoms with Gasteiger partial charge >= 0.3 is 0 Å². The minimum absolute atomic E-state index is 0.656. The number of anilines is 2. The first kappa shape index (κ1) is 27.9. The molecule has 0 aliphatic carbocycles. The van der Waals surface area contributed by atoms with E-state index in [9.17, 15) is 0 Å². The molecule has 0 fully saturated rings. The summed E-state index contributed by atoms with van der Waals surface area (Å²) in [7, 11) is 0. The van der Waals surface area contributed by atoms with Crippen molar-refractivity contribution in [2.45, 2.75) is 27.7 Å². The Morgan fingerprint density at radius 1 is 0.368 bits per heavy atom. The summed E-state index contributed by atoms with van der Waals surface area (Å²) >= 11 is 0. The van der Waals surface area contributed by atoms with Crippen LogP contribution in [0.2, 0.25) is 0 Å². The van der Waals surface area contributed by atoms with Gasteiger partial charge in [0.15, 0.2) is 0 Å². The summed E-state index contributed by atoms with van der Waals surface area (Å²) in [6.45, 7) is 8.22. The Morgan fingerprint density at radius 2 is 0.684 bits per heavy atom. The fourth-order valence-corrected chi connectivity index (χ4v) is 3.44. The Labute approximate surface area is 226 Å². The zero-order valence-corrected chi connectivity index (χ0v) is 22.5. The lowest BCUT2D eigenvalue weighted by molar-refractivity contribution is 0.480. The van der Waals surface area contributed by atoms with E-state index in [1.165, 1.54) is 11.1 Å². The van der Waals surface area contributed by atoms with Crippen LogP contribution in [0.3, 0.4) is 0 Å². The van der Waals surface area contributed by atoms with Gasteiger partial charge in [-0.05, 0) is 86.3 Å². The largest absolute Gasteiger partial charge is 0.455 e. The van der Waals surface area contributed by atoms with Crippen molar-refractivity contribution >= 4 is 11.4 Å². The average Bonchev–Trinajstić information content (AvgIpc) is 2.93. The molecular weight excluding hydrogens is 468 g/mol. The van der Waals surface area contributed by atoms with Gasteiger partial charge in [-0.25, -0.2) is 0 Å². The molecule has 0 aliphatic rings. The molecule has 0 amide bonds. The number of para-hydroxylation sites is 4. The quantitative estimate of drug-likeness (QED) is 0.240. The van der Waals surface area contributed by atoms with Gasteiger partial charge in [-0.15, -0.1) is 0 Å². The van der Waals surface area contributed by atoms with Crippen LogP contribution in [0.25, 0.3) is 0 Å². The second-order valence-electron chi connectivity index (χ2n) is 8.83. The molecular formula is C34H36N2O2. The first-order valence-corrected chi connectivity index (χ1v) is 12.5. The summed E-state index contributed by atoms with van der Waals surface area (Å²) in [5.41, 5.74) is 17.7. The molecule has 4 nitrogen and oxygen atoms in total. The molecule has 38 heavy (non-hydrogen) atoms. The van der Waals surface area contributed by atoms with E-state index in [4.69, 9.17) is 20.9 Å². The lowest BCUT2D eigenvalue weighted by Gasteiger charge is -2.11. The maximum atomic E-state index is 5.83. The maximum absolute atomic E-state index is 5.83. The number of rotatable bonds is 4. The summed E-state index contributed by atoms with van der Waals surface area (Å²) in [5, 5.41) is 0. The van der Waals surface area contributed by atoms with Gasteiger partial charge in [0.1, 0.15) is 23.0 Å². The van der Waals surface area contributed by atoms with Gasteiger partial charge in [0, 0.05) is 0 Å². The number of nitrogen functional groups attached to an aromatic ring is 2. The Morgan fingerprint density at radius 3 is 1.03 bits per heavy atom. The number of hydrogen-bond acceptors (Lipinski definition) is 4. The Balaban J connectivity index is 0.000000173. The zero-order valence-electron chi connectivity index (χ0n) is 22.5. The third-order valence-corrected chi connectivity index (χ3v) is 6.05. The maximum Gasteiger partial charge on any atom is 0.150 e. The van der Waals surface area contributed by atoms with Crippen molar-refractivity contribution in [3.05, 3.63) is 144 Å². The van der Waals surface area contributed by atoms with Gasteiger partial charge in [0.25, 0.3) is 0 Å². The van der Waals surface area contributed by atoms with Crippen LogP contribution in [-0.2, 0) is 0 Å². The van der Waals surface area contributed by atoms with E-state index in [1.54, 1.807) is 0 Å². The van der Waals surface area contributed by atoms with Crippen molar-refractivity contribution < 1.29 is 9.47 Å². The van der Waals surface area contributed by atoms with Crippen molar-refractivity contribution in [3.8, 4) is 23.0 Å². The highest BCUT2D eigenvalue weighted by atomic mass is 16.5. The molecule has 0 bridgehead atoms. The number of ether oxygens (including phenoxy) is 2. The molecule has 5 aromatic carbocycles. The van der Waals surface area contributed by atoms with Gasteiger partial charge in [-0.2, -0.15) is 0 Å². The Bertz CT molecular complexity index is 1310. The minimum atomic E-state index is 0.656. The van der Waals surface area contributed by atoms with Crippen LogP contribution in [0, 0.1) is 27.7 Å². The van der Waals surface area contributed by atoms with Crippen LogP contribution in [0.4, 0.5) is 11.4 Å². The molecule has 4 heteroatoms. The van der Waals surface area contributed by atoms with Gasteiger partial charge in [-0.3, -0.25) is 0 Å². The van der Waals surface area contributed by atoms with Crippen molar-refractivity contribution in [1.29, 1.82) is 0 Å². The molecule has 0 heterocycles. The molecule has 0 unspecified atom stereocenters. The van der Waals surface area contributed by atoms with Crippen LogP contribution in [-0.4, -0.2) is 0 Å². The first-order valence-electron chi connectivity index (χ1n) is 12.5. The van der Waals surface area contributed by atoms with Crippen LogP contribution < -0.4 is 20.9 Å². The zero-order chi connectivity index (χ0) is 27.3. The Hall–Kier alpha value is -4.70. The van der Waals surface area contributed by atoms with Gasteiger partial charge in [0.2, 0.25) is 0 Å². The van der Waals surface area contributed by atoms with E-state index in [1.807, 2.05) is 123 Å². The van der Waals surface area contributed by atoms with Crippen molar-refractivity contribution in [1.82, 2.24) is 0 Å². The molecule has 194 valence electrons. The molecule has 0 saturated heterocycles. The summed E-state index contributed by atoms with van der Waals surface area (Å²) in [5.74, 6) is 3.13. The van der Waals surface area contributed by atoms with E-state index in [2.05, 4.69) is 26.0 Å². The first-order chi connectivity index (χ1) is 18.4. The van der Waals surface area contributed by atoms with E-state index in [-0.39, 0.29) is 0 Å². The lowest BCUT2D eigenvalue weighted by atomic mass is 10.1. The fourth-order valence-electron chi connectivity index (χ4n) is 3.44. The normalized spacial score (nSPS) is 9.79. The van der Waals surface area contributed by atoms with Crippen LogP contribution in [0.5, 0.6) is 23.0 Å². The predicted molar refractivity (Wildman–Crippen MR) is 160 cm³/mol. The van der Waals surface area contributed by atoms with Crippen molar-refractivity contribution in [2.75, 3.05) is 11.5 Å². The van der Waals surface area contributed by atoms with Crippen molar-refractivity contribution in [2.24, 2.45) is 0 Å². The summed E-state index contributed by atoms with van der Waals surface area (Å²) in [6, 6.07) is 39.0. The number of nitrogens with two attached hydrogens (primary N) is 2. The molecule has 4 N–H and O–H groups in total. The highest BCUT2D eigenvalue weighted by Gasteiger charge is 2.06. The molecule has 0 atom stereocenters. The van der Waals surface area contributed by atoms with E-state index >= 15 is 0 Å². The third kappa shape index (κ3) is 8.17. The number of hydrogen-bond donors (Lipinski definition) is 2. The monoisotopic (exact) mass is 504 g/mol. The van der Waals surface area contributed by atoms with E-state index < -0.39 is 0 Å². The highest BCUT2D eigenvalue weighted by Crippen LogP contribution is 2.31. The lowest BCUT2D eigenvalue weighted by Crippen LogP contribution is -1.93.